The highest BCUT2D eigenvalue weighted by Gasteiger charge is 2.59. The van der Waals surface area contributed by atoms with Crippen LogP contribution in [0.2, 0.25) is 0 Å². The van der Waals surface area contributed by atoms with E-state index in [-0.39, 0.29) is 30.6 Å². The molecule has 1 fully saturated rings. The number of aliphatic hydroxyl groups is 3. The summed E-state index contributed by atoms with van der Waals surface area (Å²) in [7, 11) is 3.02. The quantitative estimate of drug-likeness (QED) is 0.102. The summed E-state index contributed by atoms with van der Waals surface area (Å²) in [4.78, 5) is 12.3. The van der Waals surface area contributed by atoms with Gasteiger partial charge in [0.1, 0.15) is 48.4 Å². The molecule has 14 nitrogen and oxygen atoms in total. The molecule has 0 amide bonds. The number of carboxylic acids is 1. The van der Waals surface area contributed by atoms with Crippen molar-refractivity contribution >= 4 is 5.97 Å². The molecule has 7 N–H and O–H groups in total. The van der Waals surface area contributed by atoms with Crippen molar-refractivity contribution in [2.45, 2.75) is 62.5 Å². The lowest BCUT2D eigenvalue weighted by Gasteiger charge is -2.45. The van der Waals surface area contributed by atoms with Crippen molar-refractivity contribution in [3.8, 4) is 45.6 Å². The molecule has 14 heteroatoms. The number of methoxy groups -OCH3 is 1. The Balaban J connectivity index is 1.35. The average molecular weight is 697 g/mol. The van der Waals surface area contributed by atoms with Gasteiger partial charge in [0, 0.05) is 23.7 Å². The number of fused-ring (bicyclic) bond motifs is 5. The normalized spacial score (nSPS) is 26.6. The molecule has 1 saturated heterocycles. The fraction of sp³-hybridized carbons (Fsp3) is 0.472. The molecule has 3 aromatic rings. The van der Waals surface area contributed by atoms with Crippen molar-refractivity contribution in [1.82, 2.24) is 10.6 Å². The molecule has 0 spiro atoms. The van der Waals surface area contributed by atoms with Gasteiger partial charge in [0.15, 0.2) is 11.5 Å². The van der Waals surface area contributed by atoms with E-state index in [0.29, 0.717) is 52.3 Å². The predicted octanol–water partition coefficient (Wildman–Crippen LogP) is 2.51. The van der Waals surface area contributed by atoms with Gasteiger partial charge in [0.2, 0.25) is 17.6 Å². The molecular weight excluding hydrogens is 652 g/mol. The van der Waals surface area contributed by atoms with Crippen molar-refractivity contribution in [3.63, 3.8) is 0 Å². The van der Waals surface area contributed by atoms with E-state index in [2.05, 4.69) is 24.5 Å². The van der Waals surface area contributed by atoms with Gasteiger partial charge in [-0.15, -0.1) is 0 Å². The number of nitrogens with one attached hydrogen (secondary N) is 2. The van der Waals surface area contributed by atoms with E-state index in [1.54, 1.807) is 37.4 Å². The van der Waals surface area contributed by atoms with E-state index in [0.717, 1.165) is 18.5 Å². The first-order chi connectivity index (χ1) is 24.0. The molecule has 3 heterocycles. The molecule has 0 radical (unpaired) electrons. The lowest BCUT2D eigenvalue weighted by Crippen LogP contribution is -2.71. The van der Waals surface area contributed by atoms with E-state index >= 15 is 0 Å². The van der Waals surface area contributed by atoms with Crippen LogP contribution < -0.4 is 34.3 Å². The van der Waals surface area contributed by atoms with Crippen LogP contribution in [0.5, 0.6) is 34.5 Å². The number of likely N-dealkylation sites (N-methyl/N-ethyl adjacent to an activating group) is 1. The summed E-state index contributed by atoms with van der Waals surface area (Å²) in [5.41, 5.74) is 0.367. The van der Waals surface area contributed by atoms with Crippen LogP contribution in [-0.2, 0) is 9.53 Å². The number of carboxylic acid groups (broad SMARTS) is 1. The van der Waals surface area contributed by atoms with Crippen molar-refractivity contribution in [2.24, 2.45) is 5.92 Å². The smallest absolute Gasteiger partial charge is 0.340 e. The van der Waals surface area contributed by atoms with Gasteiger partial charge in [-0.05, 0) is 61.3 Å². The van der Waals surface area contributed by atoms with Crippen LogP contribution in [0.25, 0.3) is 11.1 Å². The SMILES string of the molecule is CNCC1(C(=O)O)OC(Oc2cc3c(c(-c4cccc(O)c4)c2)C2Oc4c(ccc(OCNCCC(C)C)c4OC)C2CO3)C(O)C(O)C1O. The third kappa shape index (κ3) is 6.50. The second kappa shape index (κ2) is 14.5. The second-order valence-corrected chi connectivity index (χ2v) is 13.1. The molecule has 7 atom stereocenters. The van der Waals surface area contributed by atoms with Gasteiger partial charge in [-0.3, -0.25) is 5.32 Å². The van der Waals surface area contributed by atoms with E-state index in [4.69, 9.17) is 28.4 Å². The van der Waals surface area contributed by atoms with Gasteiger partial charge in [-0.2, -0.15) is 0 Å². The standard InChI is InChI=1S/C36H44N2O12/c1-18(2)10-11-38-17-47-25-9-8-22-24-15-46-26-14-21(48-34-29(41)28(40)33(42)36(50-34,16-37-3)35(43)44)13-23(19-6-5-7-20(39)12-19)27(26)30(24)49-31(22)32(25)45-4/h5-9,12-14,18,24,28-30,33-34,37-42H,10-11,15-17H2,1-4H3,(H,43,44). The molecule has 3 aliphatic heterocycles. The Morgan fingerprint density at radius 3 is 2.60 bits per heavy atom. The highest BCUT2D eigenvalue weighted by atomic mass is 16.7. The highest BCUT2D eigenvalue weighted by molar-refractivity contribution is 5.79. The molecule has 7 unspecified atom stereocenters. The molecule has 0 aromatic heterocycles. The van der Waals surface area contributed by atoms with Gasteiger partial charge in [0.25, 0.3) is 0 Å². The molecule has 0 saturated carbocycles. The largest absolute Gasteiger partial charge is 0.508 e. The zero-order chi connectivity index (χ0) is 35.7. The number of aromatic hydroxyl groups is 1. The first-order valence-corrected chi connectivity index (χ1v) is 16.6. The Kier molecular flexibility index (Phi) is 10.3. The molecular formula is C36H44N2O12. The second-order valence-electron chi connectivity index (χ2n) is 13.1. The number of benzene rings is 3. The molecule has 6 rings (SSSR count). The number of ether oxygens (including phenoxy) is 6. The van der Waals surface area contributed by atoms with Gasteiger partial charge in [-0.1, -0.05) is 32.0 Å². The number of hydrogen-bond donors (Lipinski definition) is 7. The number of hydrogen-bond acceptors (Lipinski definition) is 13. The summed E-state index contributed by atoms with van der Waals surface area (Å²) in [6.45, 7) is 5.27. The number of carbonyl (C=O) groups is 1. The first kappa shape index (κ1) is 35.5. The molecule has 3 aliphatic rings. The fourth-order valence-corrected chi connectivity index (χ4v) is 6.72. The maximum atomic E-state index is 12.3. The zero-order valence-electron chi connectivity index (χ0n) is 28.3. The lowest BCUT2D eigenvalue weighted by molar-refractivity contribution is -0.305. The highest BCUT2D eigenvalue weighted by Crippen LogP contribution is 2.58. The van der Waals surface area contributed by atoms with Gasteiger partial charge in [0.05, 0.1) is 19.6 Å². The molecule has 0 aliphatic carbocycles. The average Bonchev–Trinajstić information content (AvgIpc) is 3.47. The van der Waals surface area contributed by atoms with Crippen molar-refractivity contribution in [2.75, 3.05) is 40.6 Å². The summed E-state index contributed by atoms with van der Waals surface area (Å²) in [6.07, 6.45) is -6.88. The Bertz CT molecular complexity index is 1700. The van der Waals surface area contributed by atoms with Crippen LogP contribution in [0.3, 0.4) is 0 Å². The van der Waals surface area contributed by atoms with Crippen LogP contribution >= 0.6 is 0 Å². The van der Waals surface area contributed by atoms with E-state index in [1.807, 2.05) is 12.1 Å². The van der Waals surface area contributed by atoms with Gasteiger partial charge in [-0.25, -0.2) is 4.79 Å². The predicted molar refractivity (Wildman–Crippen MR) is 179 cm³/mol. The summed E-state index contributed by atoms with van der Waals surface area (Å²) < 4.78 is 36.5. The Hall–Kier alpha value is -4.31. The minimum absolute atomic E-state index is 0.0124. The van der Waals surface area contributed by atoms with Crippen molar-refractivity contribution < 1.29 is 58.7 Å². The minimum atomic E-state index is -2.32. The summed E-state index contributed by atoms with van der Waals surface area (Å²) in [5.74, 6) is 0.787. The summed E-state index contributed by atoms with van der Waals surface area (Å²) in [5, 5.41) is 58.5. The maximum Gasteiger partial charge on any atom is 0.340 e. The minimum Gasteiger partial charge on any atom is -0.508 e. The lowest BCUT2D eigenvalue weighted by atomic mass is 9.85. The van der Waals surface area contributed by atoms with E-state index in [1.165, 1.54) is 13.1 Å². The maximum absolute atomic E-state index is 12.3. The third-order valence-corrected chi connectivity index (χ3v) is 9.33. The third-order valence-electron chi connectivity index (χ3n) is 9.33. The van der Waals surface area contributed by atoms with Crippen molar-refractivity contribution in [3.05, 3.63) is 59.7 Å². The first-order valence-electron chi connectivity index (χ1n) is 16.6. The summed E-state index contributed by atoms with van der Waals surface area (Å²) >= 11 is 0. The Morgan fingerprint density at radius 2 is 1.90 bits per heavy atom. The fourth-order valence-electron chi connectivity index (χ4n) is 6.72. The number of rotatable bonds is 13. The molecule has 3 aromatic carbocycles. The molecule has 0 bridgehead atoms. The monoisotopic (exact) mass is 696 g/mol. The molecule has 50 heavy (non-hydrogen) atoms. The van der Waals surface area contributed by atoms with Crippen LogP contribution in [0, 0.1) is 5.92 Å². The number of aliphatic carboxylic acids is 1. The van der Waals surface area contributed by atoms with Crippen LogP contribution in [0.15, 0.2) is 48.5 Å². The van der Waals surface area contributed by atoms with Crippen molar-refractivity contribution in [1.29, 1.82) is 0 Å². The summed E-state index contributed by atoms with van der Waals surface area (Å²) in [6, 6.07) is 13.6. The number of phenols is 1. The van der Waals surface area contributed by atoms with Crippen LogP contribution in [-0.4, -0.2) is 102 Å². The number of phenolic OH excluding ortho intramolecular Hbond substituents is 1. The topological polar surface area (TPSA) is 198 Å². The Labute approximate surface area is 289 Å². The van der Waals surface area contributed by atoms with Gasteiger partial charge >= 0.3 is 5.97 Å². The number of aliphatic hydroxyl groups excluding tert-OH is 3. The van der Waals surface area contributed by atoms with Crippen LogP contribution in [0.4, 0.5) is 0 Å². The molecule has 270 valence electrons. The Morgan fingerprint density at radius 1 is 1.10 bits per heavy atom. The van der Waals surface area contributed by atoms with E-state index in [9.17, 15) is 30.3 Å². The van der Waals surface area contributed by atoms with Gasteiger partial charge < -0.3 is 59.3 Å². The van der Waals surface area contributed by atoms with E-state index < -0.39 is 42.3 Å². The zero-order valence-corrected chi connectivity index (χ0v) is 28.3. The van der Waals surface area contributed by atoms with Crippen LogP contribution in [0.1, 0.15) is 43.4 Å².